The molecule has 1 atom stereocenters. The predicted octanol–water partition coefficient (Wildman–Crippen LogP) is 3.91. The Labute approximate surface area is 109 Å². The number of hydrogen-bond acceptors (Lipinski definition) is 3. The number of nitrogens with one attached hydrogen (secondary N) is 1. The summed E-state index contributed by atoms with van der Waals surface area (Å²) in [6.07, 6.45) is 6.45. The number of allylic oxidation sites excluding steroid dienone is 1. The van der Waals surface area contributed by atoms with Gasteiger partial charge in [0.25, 0.3) is 5.69 Å². The second kappa shape index (κ2) is 5.35. The molecule has 1 aromatic rings. The predicted molar refractivity (Wildman–Crippen MR) is 68.5 cm³/mol. The Morgan fingerprint density at radius 1 is 1.44 bits per heavy atom. The van der Waals surface area contributed by atoms with Gasteiger partial charge in [0.1, 0.15) is 0 Å². The van der Waals surface area contributed by atoms with E-state index < -0.39 is 10.7 Å². The van der Waals surface area contributed by atoms with Crippen molar-refractivity contribution in [2.75, 3.05) is 5.32 Å². The number of anilines is 1. The Balaban J connectivity index is 2.32. The number of rotatable bonds is 3. The van der Waals surface area contributed by atoms with Gasteiger partial charge in [-0.15, -0.1) is 0 Å². The van der Waals surface area contributed by atoms with E-state index in [1.54, 1.807) is 0 Å². The summed E-state index contributed by atoms with van der Waals surface area (Å²) in [5.41, 5.74) is -0.403. The van der Waals surface area contributed by atoms with E-state index in [-0.39, 0.29) is 22.4 Å². The first-order valence-corrected chi connectivity index (χ1v) is 6.01. The van der Waals surface area contributed by atoms with Gasteiger partial charge in [-0.25, -0.2) is 4.39 Å². The average Bonchev–Trinajstić information content (AvgIpc) is 2.36. The highest BCUT2D eigenvalue weighted by molar-refractivity contribution is 6.31. The molecule has 4 nitrogen and oxygen atoms in total. The Kier molecular flexibility index (Phi) is 3.81. The lowest BCUT2D eigenvalue weighted by Crippen LogP contribution is -2.21. The minimum Gasteiger partial charge on any atom is -0.374 e. The largest absolute Gasteiger partial charge is 0.374 e. The highest BCUT2D eigenvalue weighted by Crippen LogP contribution is 2.33. The molecule has 1 aliphatic rings. The normalized spacial score (nSPS) is 18.7. The zero-order chi connectivity index (χ0) is 13.1. The molecular formula is C12H12ClFN2O2. The van der Waals surface area contributed by atoms with Gasteiger partial charge in [-0.3, -0.25) is 10.1 Å². The van der Waals surface area contributed by atoms with E-state index in [0.717, 1.165) is 19.3 Å². The molecule has 18 heavy (non-hydrogen) atoms. The fraction of sp³-hybridized carbons (Fsp3) is 0.333. The van der Waals surface area contributed by atoms with Crippen LogP contribution in [0.3, 0.4) is 0 Å². The van der Waals surface area contributed by atoms with E-state index in [9.17, 15) is 14.5 Å². The number of hydrogen-bond donors (Lipinski definition) is 1. The van der Waals surface area contributed by atoms with Gasteiger partial charge in [0.2, 0.25) is 0 Å². The molecule has 0 saturated carbocycles. The highest BCUT2D eigenvalue weighted by atomic mass is 35.5. The molecule has 0 radical (unpaired) electrons. The second-order valence-electron chi connectivity index (χ2n) is 4.14. The van der Waals surface area contributed by atoms with E-state index in [1.165, 1.54) is 12.1 Å². The van der Waals surface area contributed by atoms with Crippen molar-refractivity contribution in [1.82, 2.24) is 0 Å². The number of nitrogens with zero attached hydrogens (tertiary/aromatic N) is 1. The molecule has 0 fully saturated rings. The summed E-state index contributed by atoms with van der Waals surface area (Å²) < 4.78 is 13.9. The van der Waals surface area contributed by atoms with Gasteiger partial charge in [0.05, 0.1) is 9.95 Å². The highest BCUT2D eigenvalue weighted by Gasteiger charge is 2.23. The fourth-order valence-electron chi connectivity index (χ4n) is 1.96. The van der Waals surface area contributed by atoms with E-state index in [2.05, 4.69) is 5.32 Å². The topological polar surface area (TPSA) is 55.2 Å². The lowest BCUT2D eigenvalue weighted by Gasteiger charge is -2.20. The average molecular weight is 271 g/mol. The van der Waals surface area contributed by atoms with Crippen LogP contribution in [0.1, 0.15) is 19.3 Å². The summed E-state index contributed by atoms with van der Waals surface area (Å²) in [4.78, 5) is 10.3. The van der Waals surface area contributed by atoms with Crippen LogP contribution in [0, 0.1) is 15.9 Å². The third-order valence-electron chi connectivity index (χ3n) is 2.89. The van der Waals surface area contributed by atoms with Crippen LogP contribution in [0.4, 0.5) is 15.8 Å². The van der Waals surface area contributed by atoms with Gasteiger partial charge in [-0.1, -0.05) is 23.8 Å². The van der Waals surface area contributed by atoms with Crippen molar-refractivity contribution in [3.8, 4) is 0 Å². The third kappa shape index (κ3) is 2.61. The molecule has 0 heterocycles. The summed E-state index contributed by atoms with van der Waals surface area (Å²) >= 11 is 5.66. The second-order valence-corrected chi connectivity index (χ2v) is 4.55. The lowest BCUT2D eigenvalue weighted by atomic mass is 10.0. The van der Waals surface area contributed by atoms with E-state index >= 15 is 0 Å². The summed E-state index contributed by atoms with van der Waals surface area (Å²) in [5.74, 6) is -0.764. The van der Waals surface area contributed by atoms with Gasteiger partial charge in [0, 0.05) is 12.1 Å². The maximum Gasteiger partial charge on any atom is 0.295 e. The van der Waals surface area contributed by atoms with Crippen molar-refractivity contribution in [2.24, 2.45) is 0 Å². The maximum absolute atomic E-state index is 13.9. The van der Waals surface area contributed by atoms with Crippen LogP contribution in [-0.2, 0) is 0 Å². The van der Waals surface area contributed by atoms with Crippen LogP contribution >= 0.6 is 11.6 Å². The first-order valence-electron chi connectivity index (χ1n) is 5.63. The Hall–Kier alpha value is -1.62. The molecule has 1 unspecified atom stereocenters. The van der Waals surface area contributed by atoms with Crippen LogP contribution < -0.4 is 5.32 Å². The van der Waals surface area contributed by atoms with Gasteiger partial charge >= 0.3 is 0 Å². The van der Waals surface area contributed by atoms with Gasteiger partial charge in [0.15, 0.2) is 11.5 Å². The first kappa shape index (κ1) is 12.8. The summed E-state index contributed by atoms with van der Waals surface area (Å²) in [7, 11) is 0. The molecule has 1 aliphatic carbocycles. The zero-order valence-electron chi connectivity index (χ0n) is 9.53. The molecule has 0 spiro atoms. The fourth-order valence-corrected chi connectivity index (χ4v) is 2.12. The van der Waals surface area contributed by atoms with Gasteiger partial charge in [-0.2, -0.15) is 0 Å². The smallest absolute Gasteiger partial charge is 0.295 e. The molecule has 0 bridgehead atoms. The molecule has 1 N–H and O–H groups in total. The first-order chi connectivity index (χ1) is 8.59. The minimum atomic E-state index is -0.764. The van der Waals surface area contributed by atoms with Crippen LogP contribution in [0.25, 0.3) is 0 Å². The van der Waals surface area contributed by atoms with Crippen molar-refractivity contribution in [3.05, 3.63) is 45.2 Å². The summed E-state index contributed by atoms with van der Waals surface area (Å²) in [5, 5.41) is 13.6. The van der Waals surface area contributed by atoms with Gasteiger partial charge < -0.3 is 5.32 Å². The molecule has 6 heteroatoms. The zero-order valence-corrected chi connectivity index (χ0v) is 10.3. The Bertz CT molecular complexity index is 505. The minimum absolute atomic E-state index is 0.00154. The van der Waals surface area contributed by atoms with Crippen LogP contribution in [0.5, 0.6) is 0 Å². The number of halogens is 2. The van der Waals surface area contributed by atoms with E-state index in [0.29, 0.717) is 0 Å². The van der Waals surface area contributed by atoms with Crippen molar-refractivity contribution in [3.63, 3.8) is 0 Å². The summed E-state index contributed by atoms with van der Waals surface area (Å²) in [6.45, 7) is 0. The van der Waals surface area contributed by atoms with Crippen molar-refractivity contribution >= 4 is 23.0 Å². The van der Waals surface area contributed by atoms with Crippen LogP contribution in [-0.4, -0.2) is 11.0 Å². The maximum atomic E-state index is 13.9. The van der Waals surface area contributed by atoms with E-state index in [4.69, 9.17) is 11.6 Å². The molecule has 0 saturated heterocycles. The number of nitro benzene ring substituents is 1. The molecule has 0 amide bonds. The molecule has 96 valence electrons. The van der Waals surface area contributed by atoms with E-state index in [1.807, 2.05) is 12.2 Å². The standard InChI is InChI=1S/C12H12ClFN2O2/c13-9-6-7-10(16(17)18)12(11(9)14)15-8-4-2-1-3-5-8/h1-2,6-8,15H,3-5H2. The Morgan fingerprint density at radius 2 is 2.22 bits per heavy atom. The third-order valence-corrected chi connectivity index (χ3v) is 3.18. The number of nitro groups is 1. The SMILES string of the molecule is O=[N+]([O-])c1ccc(Cl)c(F)c1NC1CC=CCC1. The Morgan fingerprint density at radius 3 is 2.83 bits per heavy atom. The lowest BCUT2D eigenvalue weighted by molar-refractivity contribution is -0.384. The van der Waals surface area contributed by atoms with Crippen molar-refractivity contribution in [2.45, 2.75) is 25.3 Å². The quantitative estimate of drug-likeness (QED) is 0.515. The molecule has 1 aromatic carbocycles. The van der Waals surface area contributed by atoms with Crippen LogP contribution in [0.15, 0.2) is 24.3 Å². The molecular weight excluding hydrogens is 259 g/mol. The van der Waals surface area contributed by atoms with Crippen molar-refractivity contribution < 1.29 is 9.31 Å². The monoisotopic (exact) mass is 270 g/mol. The molecule has 0 aromatic heterocycles. The van der Waals surface area contributed by atoms with Crippen LogP contribution in [0.2, 0.25) is 5.02 Å². The number of benzene rings is 1. The van der Waals surface area contributed by atoms with Crippen molar-refractivity contribution in [1.29, 1.82) is 0 Å². The van der Waals surface area contributed by atoms with Gasteiger partial charge in [-0.05, 0) is 25.3 Å². The molecule has 2 rings (SSSR count). The summed E-state index contributed by atoms with van der Waals surface area (Å²) in [6, 6.07) is 2.41. The molecule has 0 aliphatic heterocycles.